The summed E-state index contributed by atoms with van der Waals surface area (Å²) in [6.45, 7) is -2.99. The molecule has 28 heavy (non-hydrogen) atoms. The van der Waals surface area contributed by atoms with E-state index in [1.807, 2.05) is 0 Å². The number of ether oxygens (including phenoxy) is 1. The molecule has 1 amide bonds. The quantitative estimate of drug-likeness (QED) is 0.679. The van der Waals surface area contributed by atoms with Gasteiger partial charge in [-0.25, -0.2) is 12.7 Å². The van der Waals surface area contributed by atoms with Crippen molar-refractivity contribution in [3.8, 4) is 5.75 Å². The zero-order chi connectivity index (χ0) is 20.7. The maximum absolute atomic E-state index is 12.4. The Kier molecular flexibility index (Phi) is 7.24. The van der Waals surface area contributed by atoms with Crippen molar-refractivity contribution in [1.82, 2.24) is 9.62 Å². The highest BCUT2D eigenvalue weighted by Crippen LogP contribution is 2.21. The summed E-state index contributed by atoms with van der Waals surface area (Å²) in [5, 5.41) is 2.58. The minimum Gasteiger partial charge on any atom is -0.434 e. The van der Waals surface area contributed by atoms with E-state index in [1.165, 1.54) is 44.4 Å². The summed E-state index contributed by atoms with van der Waals surface area (Å²) in [4.78, 5) is 12.2. The van der Waals surface area contributed by atoms with Gasteiger partial charge in [0.1, 0.15) is 5.75 Å². The lowest BCUT2D eigenvalue weighted by Crippen LogP contribution is -2.26. The van der Waals surface area contributed by atoms with E-state index in [2.05, 4.69) is 10.1 Å². The fourth-order valence-electron chi connectivity index (χ4n) is 2.33. The van der Waals surface area contributed by atoms with Gasteiger partial charge in [-0.05, 0) is 23.8 Å². The Morgan fingerprint density at radius 3 is 2.46 bits per heavy atom. The molecule has 6 nitrogen and oxygen atoms in total. The predicted molar refractivity (Wildman–Crippen MR) is 101 cm³/mol. The van der Waals surface area contributed by atoms with Crippen LogP contribution in [0.15, 0.2) is 59.5 Å². The molecule has 0 radical (unpaired) electrons. The van der Waals surface area contributed by atoms with Gasteiger partial charge in [-0.3, -0.25) is 4.79 Å². The van der Waals surface area contributed by atoms with E-state index in [1.54, 1.807) is 24.3 Å². The van der Waals surface area contributed by atoms with Gasteiger partial charge in [-0.15, -0.1) is 0 Å². The topological polar surface area (TPSA) is 75.7 Å². The number of hydrogen-bond donors (Lipinski definition) is 1. The summed E-state index contributed by atoms with van der Waals surface area (Å²) in [6, 6.07) is 12.4. The minimum absolute atomic E-state index is 0.0123. The minimum atomic E-state index is -3.65. The van der Waals surface area contributed by atoms with Crippen molar-refractivity contribution in [1.29, 1.82) is 0 Å². The Morgan fingerprint density at radius 2 is 1.79 bits per heavy atom. The monoisotopic (exact) mass is 410 g/mol. The molecule has 0 unspecified atom stereocenters. The van der Waals surface area contributed by atoms with Crippen LogP contribution in [0.3, 0.4) is 0 Å². The molecule has 0 aliphatic carbocycles. The molecule has 2 aromatic rings. The maximum atomic E-state index is 12.4. The highest BCUT2D eigenvalue weighted by Gasteiger charge is 2.20. The number of carbonyl (C=O) groups excluding carboxylic acids is 1. The number of hydrogen-bond acceptors (Lipinski definition) is 4. The Bertz CT molecular complexity index is 960. The van der Waals surface area contributed by atoms with Gasteiger partial charge < -0.3 is 10.1 Å². The number of amides is 1. The van der Waals surface area contributed by atoms with Gasteiger partial charge in [0.15, 0.2) is 0 Å². The Balaban J connectivity index is 2.10. The molecule has 0 fully saturated rings. The highest BCUT2D eigenvalue weighted by atomic mass is 32.2. The summed E-state index contributed by atoms with van der Waals surface area (Å²) in [6.07, 6.45) is 2.51. The summed E-state index contributed by atoms with van der Waals surface area (Å²) in [7, 11) is -0.806. The molecule has 1 N–H and O–H groups in total. The van der Waals surface area contributed by atoms with E-state index < -0.39 is 22.5 Å². The summed E-state index contributed by atoms with van der Waals surface area (Å²) >= 11 is 0. The smallest absolute Gasteiger partial charge is 0.387 e. The van der Waals surface area contributed by atoms with Crippen LogP contribution < -0.4 is 10.1 Å². The van der Waals surface area contributed by atoms with Crippen molar-refractivity contribution in [3.05, 3.63) is 65.7 Å². The second-order valence-electron chi connectivity index (χ2n) is 5.86. The number of nitrogens with one attached hydrogen (secondary N) is 1. The van der Waals surface area contributed by atoms with Crippen LogP contribution >= 0.6 is 0 Å². The van der Waals surface area contributed by atoms with Crippen LogP contribution in [0.2, 0.25) is 0 Å². The van der Waals surface area contributed by atoms with Gasteiger partial charge in [-0.1, -0.05) is 36.4 Å². The van der Waals surface area contributed by atoms with E-state index in [0.29, 0.717) is 11.1 Å². The third kappa shape index (κ3) is 5.61. The molecule has 9 heteroatoms. The first-order valence-electron chi connectivity index (χ1n) is 8.22. The molecule has 0 aliphatic heterocycles. The Morgan fingerprint density at radius 1 is 1.14 bits per heavy atom. The van der Waals surface area contributed by atoms with Crippen molar-refractivity contribution >= 4 is 22.0 Å². The first-order chi connectivity index (χ1) is 13.2. The fraction of sp³-hybridized carbons (Fsp3) is 0.211. The average Bonchev–Trinajstić information content (AvgIpc) is 2.65. The lowest BCUT2D eigenvalue weighted by molar-refractivity contribution is -0.116. The van der Waals surface area contributed by atoms with Crippen molar-refractivity contribution in [2.24, 2.45) is 0 Å². The lowest BCUT2D eigenvalue weighted by Gasteiger charge is -2.15. The zero-order valence-electron chi connectivity index (χ0n) is 15.3. The van der Waals surface area contributed by atoms with Crippen LogP contribution in [0.1, 0.15) is 11.1 Å². The molecule has 2 rings (SSSR count). The van der Waals surface area contributed by atoms with E-state index >= 15 is 0 Å². The van der Waals surface area contributed by atoms with Crippen molar-refractivity contribution < 1.29 is 26.7 Å². The van der Waals surface area contributed by atoms with E-state index in [9.17, 15) is 22.0 Å². The number of alkyl halides is 2. The zero-order valence-corrected chi connectivity index (χ0v) is 16.1. The molecule has 0 saturated heterocycles. The van der Waals surface area contributed by atoms with Crippen molar-refractivity contribution in [3.63, 3.8) is 0 Å². The number of carbonyl (C=O) groups is 1. The molecular weight excluding hydrogens is 390 g/mol. The Hall–Kier alpha value is -2.78. The van der Waals surface area contributed by atoms with Crippen LogP contribution in [-0.4, -0.2) is 39.3 Å². The van der Waals surface area contributed by atoms with Crippen molar-refractivity contribution in [2.45, 2.75) is 18.1 Å². The predicted octanol–water partition coefficient (Wildman–Crippen LogP) is 2.87. The molecule has 0 aliphatic rings. The van der Waals surface area contributed by atoms with Crippen LogP contribution in [0.25, 0.3) is 6.08 Å². The number of benzene rings is 2. The molecule has 2 aromatic carbocycles. The molecule has 0 spiro atoms. The van der Waals surface area contributed by atoms with E-state index in [4.69, 9.17) is 0 Å². The van der Waals surface area contributed by atoms with Crippen LogP contribution in [-0.2, 0) is 21.4 Å². The summed E-state index contributed by atoms with van der Waals surface area (Å²) in [5.41, 5.74) is 0.743. The Labute approximate surface area is 162 Å². The van der Waals surface area contributed by atoms with Gasteiger partial charge >= 0.3 is 6.61 Å². The fourth-order valence-corrected chi connectivity index (χ4v) is 3.44. The number of sulfonamides is 1. The van der Waals surface area contributed by atoms with Gasteiger partial charge in [0.05, 0.1) is 4.90 Å². The molecule has 0 bridgehead atoms. The third-order valence-electron chi connectivity index (χ3n) is 3.73. The number of rotatable bonds is 8. The second-order valence-corrected chi connectivity index (χ2v) is 7.98. The number of para-hydroxylation sites is 1. The number of halogens is 2. The van der Waals surface area contributed by atoms with Gasteiger partial charge in [0.25, 0.3) is 0 Å². The number of nitrogens with zero attached hydrogens (tertiary/aromatic N) is 1. The van der Waals surface area contributed by atoms with Gasteiger partial charge in [-0.2, -0.15) is 8.78 Å². The van der Waals surface area contributed by atoms with Gasteiger partial charge in [0.2, 0.25) is 15.9 Å². The molecular formula is C19H20F2N2O4S. The first kappa shape index (κ1) is 21.5. The van der Waals surface area contributed by atoms with Crippen LogP contribution in [0.5, 0.6) is 5.75 Å². The molecule has 0 heterocycles. The third-order valence-corrected chi connectivity index (χ3v) is 5.65. The molecule has 0 aromatic heterocycles. The van der Waals surface area contributed by atoms with Gasteiger partial charge in [0, 0.05) is 32.3 Å². The van der Waals surface area contributed by atoms with E-state index in [0.717, 1.165) is 10.4 Å². The second kappa shape index (κ2) is 9.43. The van der Waals surface area contributed by atoms with Crippen LogP contribution in [0, 0.1) is 0 Å². The molecule has 150 valence electrons. The van der Waals surface area contributed by atoms with Crippen molar-refractivity contribution in [2.75, 3.05) is 14.1 Å². The molecule has 0 atom stereocenters. The maximum Gasteiger partial charge on any atom is 0.387 e. The average molecular weight is 410 g/mol. The van der Waals surface area contributed by atoms with E-state index in [-0.39, 0.29) is 17.2 Å². The standard InChI is InChI=1S/C19H20F2N2O4S/c1-23(2)28(25,26)17-10-6-4-8-15(17)13-22-18(24)12-11-14-7-3-5-9-16(14)27-19(20)21/h3-12,19H,13H2,1-2H3,(H,22,24)/b12-11+. The summed E-state index contributed by atoms with van der Waals surface area (Å²) < 4.78 is 55.0. The normalized spacial score (nSPS) is 11.9. The largest absolute Gasteiger partial charge is 0.434 e. The highest BCUT2D eigenvalue weighted by molar-refractivity contribution is 7.89. The summed E-state index contributed by atoms with van der Waals surface area (Å²) in [5.74, 6) is -0.562. The first-order valence-corrected chi connectivity index (χ1v) is 9.66. The van der Waals surface area contributed by atoms with Crippen LogP contribution in [0.4, 0.5) is 8.78 Å². The molecule has 0 saturated carbocycles. The lowest BCUT2D eigenvalue weighted by atomic mass is 10.2. The SMILES string of the molecule is CN(C)S(=O)(=O)c1ccccc1CNC(=O)/C=C/c1ccccc1OC(F)F.